The Morgan fingerprint density at radius 2 is 1.12 bits per heavy atom. The Labute approximate surface area is 148 Å². The molecule has 0 radical (unpaired) electrons. The summed E-state index contributed by atoms with van der Waals surface area (Å²) in [4.78, 5) is 13.0. The van der Waals surface area contributed by atoms with Crippen LogP contribution in [0.25, 0.3) is 11.0 Å². The molecule has 0 aliphatic heterocycles. The van der Waals surface area contributed by atoms with Gasteiger partial charge in [-0.25, -0.2) is 13.6 Å². The Bertz CT molecular complexity index is 1060. The molecular formula is C21H16F2N2O. The van der Waals surface area contributed by atoms with E-state index in [1.54, 1.807) is 33.4 Å². The molecule has 4 rings (SSSR count). The largest absolute Gasteiger partial charge is 0.329 e. The number of nitrogens with zero attached hydrogens (tertiary/aromatic N) is 2. The lowest BCUT2D eigenvalue weighted by Crippen LogP contribution is -2.25. The molecule has 26 heavy (non-hydrogen) atoms. The number of benzene rings is 3. The summed E-state index contributed by atoms with van der Waals surface area (Å²) in [5.41, 5.74) is 2.73. The van der Waals surface area contributed by atoms with Crippen molar-refractivity contribution in [2.75, 3.05) is 0 Å². The highest BCUT2D eigenvalue weighted by Gasteiger charge is 2.14. The summed E-state index contributed by atoms with van der Waals surface area (Å²) in [6.07, 6.45) is 0. The second kappa shape index (κ2) is 6.59. The monoisotopic (exact) mass is 350 g/mol. The predicted octanol–water partition coefficient (Wildman–Crippen LogP) is 4.18. The third kappa shape index (κ3) is 3.04. The van der Waals surface area contributed by atoms with Gasteiger partial charge in [0.2, 0.25) is 0 Å². The highest BCUT2D eigenvalue weighted by Crippen LogP contribution is 2.17. The van der Waals surface area contributed by atoms with E-state index in [0.717, 1.165) is 11.0 Å². The lowest BCUT2D eigenvalue weighted by atomic mass is 10.2. The Morgan fingerprint density at radius 3 is 1.54 bits per heavy atom. The summed E-state index contributed by atoms with van der Waals surface area (Å²) in [7, 11) is 0. The molecule has 3 nitrogen and oxygen atoms in total. The van der Waals surface area contributed by atoms with Crippen molar-refractivity contribution in [3.05, 3.63) is 106 Å². The Kier molecular flexibility index (Phi) is 4.13. The van der Waals surface area contributed by atoms with Gasteiger partial charge < -0.3 is 0 Å². The fourth-order valence-electron chi connectivity index (χ4n) is 3.21. The van der Waals surface area contributed by atoms with Crippen LogP contribution in [0, 0.1) is 11.6 Å². The molecule has 0 fully saturated rings. The van der Waals surface area contributed by atoms with E-state index >= 15 is 0 Å². The van der Waals surface area contributed by atoms with Crippen LogP contribution in [0.3, 0.4) is 0 Å². The number of hydrogen-bond acceptors (Lipinski definition) is 1. The van der Waals surface area contributed by atoms with Crippen LogP contribution in [-0.4, -0.2) is 9.13 Å². The molecule has 0 atom stereocenters. The van der Waals surface area contributed by atoms with E-state index < -0.39 is 0 Å². The van der Waals surface area contributed by atoms with Gasteiger partial charge in [0.1, 0.15) is 11.6 Å². The van der Waals surface area contributed by atoms with Crippen LogP contribution in [0.15, 0.2) is 77.6 Å². The number of rotatable bonds is 4. The molecule has 5 heteroatoms. The SMILES string of the molecule is O=c1n(Cc2cccc(F)c2)c2ccccc2n1Cc1cccc(F)c1. The first-order valence-electron chi connectivity index (χ1n) is 8.29. The van der Waals surface area contributed by atoms with Gasteiger partial charge in [-0.2, -0.15) is 0 Å². The van der Waals surface area contributed by atoms with Gasteiger partial charge in [0.15, 0.2) is 0 Å². The standard InChI is InChI=1S/C21H16F2N2O/c22-17-7-3-5-15(11-17)13-24-19-9-1-2-10-20(19)25(21(24)26)14-16-6-4-8-18(23)12-16/h1-12H,13-14H2. The van der Waals surface area contributed by atoms with Crippen LogP contribution < -0.4 is 5.69 Å². The smallest absolute Gasteiger partial charge is 0.287 e. The second-order valence-corrected chi connectivity index (χ2v) is 6.20. The normalized spacial score (nSPS) is 11.2. The molecule has 1 heterocycles. The molecular weight excluding hydrogens is 334 g/mol. The van der Waals surface area contributed by atoms with Gasteiger partial charge in [0.25, 0.3) is 0 Å². The molecule has 0 bridgehead atoms. The van der Waals surface area contributed by atoms with Crippen LogP contribution in [0.4, 0.5) is 8.78 Å². The maximum Gasteiger partial charge on any atom is 0.329 e. The minimum atomic E-state index is -0.334. The topological polar surface area (TPSA) is 26.9 Å². The van der Waals surface area contributed by atoms with Crippen molar-refractivity contribution in [1.29, 1.82) is 0 Å². The van der Waals surface area contributed by atoms with Gasteiger partial charge >= 0.3 is 5.69 Å². The Morgan fingerprint density at radius 1 is 0.654 bits per heavy atom. The number of hydrogen-bond donors (Lipinski definition) is 0. The van der Waals surface area contributed by atoms with Crippen molar-refractivity contribution >= 4 is 11.0 Å². The quantitative estimate of drug-likeness (QED) is 0.542. The molecule has 0 amide bonds. The lowest BCUT2D eigenvalue weighted by molar-refractivity contribution is 0.620. The number of halogens is 2. The molecule has 1 aromatic heterocycles. The first-order valence-corrected chi connectivity index (χ1v) is 8.29. The van der Waals surface area contributed by atoms with Crippen molar-refractivity contribution in [2.24, 2.45) is 0 Å². The lowest BCUT2D eigenvalue weighted by Gasteiger charge is -2.04. The Hall–Kier alpha value is -3.21. The summed E-state index contributed by atoms with van der Waals surface area (Å²) in [5.74, 6) is -0.668. The molecule has 3 aromatic carbocycles. The van der Waals surface area contributed by atoms with Gasteiger partial charge in [0.05, 0.1) is 24.1 Å². The van der Waals surface area contributed by atoms with Crippen molar-refractivity contribution in [1.82, 2.24) is 9.13 Å². The third-order valence-electron chi connectivity index (χ3n) is 4.38. The second-order valence-electron chi connectivity index (χ2n) is 6.20. The van der Waals surface area contributed by atoms with Crippen LogP contribution in [0.5, 0.6) is 0 Å². The van der Waals surface area contributed by atoms with Crippen LogP contribution >= 0.6 is 0 Å². The van der Waals surface area contributed by atoms with E-state index in [2.05, 4.69) is 0 Å². The molecule has 0 N–H and O–H groups in total. The van der Waals surface area contributed by atoms with E-state index in [1.807, 2.05) is 24.3 Å². The average molecular weight is 350 g/mol. The molecule has 4 aromatic rings. The maximum absolute atomic E-state index is 13.5. The zero-order valence-electron chi connectivity index (χ0n) is 13.9. The van der Waals surface area contributed by atoms with Gasteiger partial charge in [-0.15, -0.1) is 0 Å². The van der Waals surface area contributed by atoms with Gasteiger partial charge in [0, 0.05) is 0 Å². The highest BCUT2D eigenvalue weighted by molar-refractivity contribution is 5.76. The zero-order valence-corrected chi connectivity index (χ0v) is 13.9. The summed E-state index contributed by atoms with van der Waals surface area (Å²) < 4.78 is 30.2. The molecule has 0 aliphatic carbocycles. The number of fused-ring (bicyclic) bond motifs is 1. The van der Waals surface area contributed by atoms with Crippen molar-refractivity contribution < 1.29 is 8.78 Å². The maximum atomic E-state index is 13.5. The van der Waals surface area contributed by atoms with Crippen molar-refractivity contribution in [3.8, 4) is 0 Å². The molecule has 0 saturated carbocycles. The highest BCUT2D eigenvalue weighted by atomic mass is 19.1. The molecule has 0 unspecified atom stereocenters. The first kappa shape index (κ1) is 16.3. The summed E-state index contributed by atoms with van der Waals surface area (Å²) in [5, 5.41) is 0. The minimum Gasteiger partial charge on any atom is -0.287 e. The minimum absolute atomic E-state index is 0.209. The van der Waals surface area contributed by atoms with Gasteiger partial charge in [-0.05, 0) is 47.5 Å². The molecule has 0 saturated heterocycles. The zero-order chi connectivity index (χ0) is 18.1. The first-order chi connectivity index (χ1) is 12.6. The van der Waals surface area contributed by atoms with E-state index in [4.69, 9.17) is 0 Å². The van der Waals surface area contributed by atoms with Gasteiger partial charge in [-0.3, -0.25) is 9.13 Å². The fraction of sp³-hybridized carbons (Fsp3) is 0.0952. The third-order valence-corrected chi connectivity index (χ3v) is 4.38. The van der Waals surface area contributed by atoms with Crippen molar-refractivity contribution in [3.63, 3.8) is 0 Å². The fourth-order valence-corrected chi connectivity index (χ4v) is 3.21. The number of imidazole rings is 1. The van der Waals surface area contributed by atoms with Gasteiger partial charge in [-0.1, -0.05) is 36.4 Å². The van der Waals surface area contributed by atoms with E-state index in [9.17, 15) is 13.6 Å². The number of aromatic nitrogens is 2. The van der Waals surface area contributed by atoms with Crippen LogP contribution in [0.2, 0.25) is 0 Å². The molecule has 0 aliphatic rings. The van der Waals surface area contributed by atoms with Crippen LogP contribution in [-0.2, 0) is 13.1 Å². The summed E-state index contributed by atoms with van der Waals surface area (Å²) in [6.45, 7) is 0.542. The van der Waals surface area contributed by atoms with E-state index in [1.165, 1.54) is 24.3 Å². The van der Waals surface area contributed by atoms with E-state index in [-0.39, 0.29) is 30.4 Å². The molecule has 0 spiro atoms. The summed E-state index contributed by atoms with van der Waals surface area (Å²) in [6, 6.07) is 19.9. The average Bonchev–Trinajstić information content (AvgIpc) is 2.88. The number of para-hydroxylation sites is 2. The predicted molar refractivity (Wildman–Crippen MR) is 97.2 cm³/mol. The Balaban J connectivity index is 1.82. The van der Waals surface area contributed by atoms with E-state index in [0.29, 0.717) is 11.1 Å². The van der Waals surface area contributed by atoms with Crippen molar-refractivity contribution in [2.45, 2.75) is 13.1 Å². The molecule has 130 valence electrons. The van der Waals surface area contributed by atoms with Crippen LogP contribution in [0.1, 0.15) is 11.1 Å². The summed E-state index contributed by atoms with van der Waals surface area (Å²) >= 11 is 0.